The summed E-state index contributed by atoms with van der Waals surface area (Å²) in [6, 6.07) is 8.14. The third-order valence-electron chi connectivity index (χ3n) is 3.36. The zero-order valence-corrected chi connectivity index (χ0v) is 13.8. The number of nitrogens with zero attached hydrogens (tertiary/aromatic N) is 1. The summed E-state index contributed by atoms with van der Waals surface area (Å²) in [7, 11) is 0. The number of carboxylic acids is 1. The number of aryl methyl sites for hydroxylation is 3. The van der Waals surface area contributed by atoms with Crippen molar-refractivity contribution in [1.82, 2.24) is 4.98 Å². The topological polar surface area (TPSA) is 59.4 Å². The number of aliphatic carboxylic acids is 1. The summed E-state index contributed by atoms with van der Waals surface area (Å²) in [5, 5.41) is 9.83. The molecule has 0 saturated carbocycles. The molecule has 0 aliphatic heterocycles. The molecular formula is C17H21NO3S. The second-order valence-corrected chi connectivity index (χ2v) is 6.31. The maximum Gasteiger partial charge on any atom is 0.308 e. The largest absolute Gasteiger partial charge is 0.494 e. The van der Waals surface area contributed by atoms with E-state index in [9.17, 15) is 4.79 Å². The van der Waals surface area contributed by atoms with Gasteiger partial charge in [-0.2, -0.15) is 0 Å². The first-order chi connectivity index (χ1) is 10.6. The van der Waals surface area contributed by atoms with Crippen molar-refractivity contribution in [1.29, 1.82) is 0 Å². The maximum absolute atomic E-state index is 10.8. The molecule has 0 atom stereocenters. The molecule has 0 spiro atoms. The highest BCUT2D eigenvalue weighted by atomic mass is 32.1. The molecule has 0 amide bonds. The maximum atomic E-state index is 10.8. The number of thiazole rings is 1. The van der Waals surface area contributed by atoms with E-state index in [1.54, 1.807) is 0 Å². The number of rotatable bonds is 8. The summed E-state index contributed by atoms with van der Waals surface area (Å²) in [6.45, 7) is 4.63. The van der Waals surface area contributed by atoms with Crippen LogP contribution in [0.15, 0.2) is 24.3 Å². The smallest absolute Gasteiger partial charge is 0.308 e. The zero-order chi connectivity index (χ0) is 15.9. The highest BCUT2D eigenvalue weighted by Gasteiger charge is 2.10. The first-order valence-electron chi connectivity index (χ1n) is 7.47. The Labute approximate surface area is 134 Å². The van der Waals surface area contributed by atoms with Crippen molar-refractivity contribution in [3.63, 3.8) is 0 Å². The lowest BCUT2D eigenvalue weighted by Crippen LogP contribution is -1.99. The molecule has 1 N–H and O–H groups in total. The van der Waals surface area contributed by atoms with Crippen molar-refractivity contribution in [2.24, 2.45) is 0 Å². The van der Waals surface area contributed by atoms with Crippen LogP contribution in [0.3, 0.4) is 0 Å². The van der Waals surface area contributed by atoms with Crippen LogP contribution in [0.2, 0.25) is 0 Å². The Hall–Kier alpha value is -1.88. The fourth-order valence-corrected chi connectivity index (χ4v) is 3.27. The lowest BCUT2D eigenvalue weighted by molar-refractivity contribution is -0.136. The molecule has 0 fully saturated rings. The second kappa shape index (κ2) is 7.94. The molecular weight excluding hydrogens is 298 g/mol. The van der Waals surface area contributed by atoms with Gasteiger partial charge in [-0.25, -0.2) is 4.98 Å². The Morgan fingerprint density at radius 1 is 1.41 bits per heavy atom. The van der Waals surface area contributed by atoms with Gasteiger partial charge in [-0.3, -0.25) is 4.79 Å². The van der Waals surface area contributed by atoms with E-state index in [-0.39, 0.29) is 6.42 Å². The van der Waals surface area contributed by atoms with Crippen LogP contribution in [0, 0.1) is 6.92 Å². The summed E-state index contributed by atoms with van der Waals surface area (Å²) in [5.74, 6) is 0.0960. The highest BCUT2D eigenvalue weighted by Crippen LogP contribution is 2.20. The van der Waals surface area contributed by atoms with Crippen LogP contribution in [-0.2, 0) is 24.1 Å². The third-order valence-corrected chi connectivity index (χ3v) is 4.58. The monoisotopic (exact) mass is 319 g/mol. The Morgan fingerprint density at radius 3 is 2.95 bits per heavy atom. The van der Waals surface area contributed by atoms with Gasteiger partial charge in [-0.05, 0) is 37.5 Å². The van der Waals surface area contributed by atoms with E-state index < -0.39 is 5.97 Å². The van der Waals surface area contributed by atoms with Crippen LogP contribution in [0.25, 0.3) is 0 Å². The van der Waals surface area contributed by atoms with Crippen molar-refractivity contribution in [2.75, 3.05) is 6.61 Å². The fourth-order valence-electron chi connectivity index (χ4n) is 2.17. The zero-order valence-electron chi connectivity index (χ0n) is 13.0. The molecule has 1 aromatic carbocycles. The molecule has 1 aromatic heterocycles. The number of aromatic nitrogens is 1. The van der Waals surface area contributed by atoms with Crippen LogP contribution < -0.4 is 4.74 Å². The number of hydrogen-bond acceptors (Lipinski definition) is 4. The van der Waals surface area contributed by atoms with E-state index in [0.29, 0.717) is 6.61 Å². The van der Waals surface area contributed by atoms with E-state index in [1.165, 1.54) is 16.9 Å². The van der Waals surface area contributed by atoms with Gasteiger partial charge >= 0.3 is 5.97 Å². The van der Waals surface area contributed by atoms with Gasteiger partial charge in [0.05, 0.1) is 23.7 Å². The van der Waals surface area contributed by atoms with Gasteiger partial charge in [0.1, 0.15) is 5.75 Å². The van der Waals surface area contributed by atoms with E-state index in [0.717, 1.165) is 40.6 Å². The minimum Gasteiger partial charge on any atom is -0.494 e. The molecule has 1 heterocycles. The van der Waals surface area contributed by atoms with E-state index >= 15 is 0 Å². The van der Waals surface area contributed by atoms with Gasteiger partial charge in [-0.15, -0.1) is 11.3 Å². The molecule has 5 heteroatoms. The molecule has 2 aromatic rings. The number of benzene rings is 1. The molecule has 0 aliphatic rings. The van der Waals surface area contributed by atoms with Gasteiger partial charge < -0.3 is 9.84 Å². The molecule has 0 saturated heterocycles. The fraction of sp³-hybridized carbons (Fsp3) is 0.412. The third kappa shape index (κ3) is 4.84. The van der Waals surface area contributed by atoms with Crippen molar-refractivity contribution < 1.29 is 14.6 Å². The van der Waals surface area contributed by atoms with Crippen molar-refractivity contribution in [3.05, 3.63) is 45.4 Å². The highest BCUT2D eigenvalue weighted by molar-refractivity contribution is 7.11. The van der Waals surface area contributed by atoms with E-state index in [1.807, 2.05) is 19.1 Å². The number of carbonyl (C=O) groups is 1. The summed E-state index contributed by atoms with van der Waals surface area (Å²) in [4.78, 5) is 16.0. The summed E-state index contributed by atoms with van der Waals surface area (Å²) < 4.78 is 5.75. The minimum absolute atomic E-state index is 0.0593. The Balaban J connectivity index is 1.80. The van der Waals surface area contributed by atoms with E-state index in [2.05, 4.69) is 24.0 Å². The molecule has 0 bridgehead atoms. The normalized spacial score (nSPS) is 10.6. The average molecular weight is 319 g/mol. The van der Waals surface area contributed by atoms with Crippen LogP contribution in [0.4, 0.5) is 0 Å². The molecule has 2 rings (SSSR count). The Bertz CT molecular complexity index is 637. The van der Waals surface area contributed by atoms with Crippen molar-refractivity contribution in [2.45, 2.75) is 39.5 Å². The molecule has 22 heavy (non-hydrogen) atoms. The van der Waals surface area contributed by atoms with E-state index in [4.69, 9.17) is 9.84 Å². The first-order valence-corrected chi connectivity index (χ1v) is 8.29. The van der Waals surface area contributed by atoms with Crippen LogP contribution in [0.1, 0.15) is 34.5 Å². The number of hydrogen-bond donors (Lipinski definition) is 1. The summed E-state index contributed by atoms with van der Waals surface area (Å²) in [6.07, 6.45) is 2.75. The Morgan fingerprint density at radius 2 is 2.23 bits per heavy atom. The lowest BCUT2D eigenvalue weighted by atomic mass is 10.2. The molecule has 4 nitrogen and oxygen atoms in total. The average Bonchev–Trinajstić information content (AvgIpc) is 2.83. The first kappa shape index (κ1) is 16.5. The number of ether oxygens (including phenoxy) is 1. The van der Waals surface area contributed by atoms with Crippen LogP contribution in [0.5, 0.6) is 5.75 Å². The summed E-state index contributed by atoms with van der Waals surface area (Å²) >= 11 is 1.49. The molecule has 0 aliphatic carbocycles. The second-order valence-electron chi connectivity index (χ2n) is 5.14. The van der Waals surface area contributed by atoms with Gasteiger partial charge in [0.15, 0.2) is 0 Å². The quantitative estimate of drug-likeness (QED) is 0.755. The Kier molecular flexibility index (Phi) is 5.95. The predicted molar refractivity (Wildman–Crippen MR) is 87.8 cm³/mol. The van der Waals surface area contributed by atoms with Gasteiger partial charge in [-0.1, -0.05) is 19.1 Å². The SMILES string of the molecule is CCc1cccc(OCCCc2nc(C)c(CC(=O)O)s2)c1. The predicted octanol–water partition coefficient (Wildman–Crippen LogP) is 3.65. The minimum atomic E-state index is -0.808. The summed E-state index contributed by atoms with van der Waals surface area (Å²) in [5.41, 5.74) is 2.10. The van der Waals surface area contributed by atoms with Crippen molar-refractivity contribution >= 4 is 17.3 Å². The standard InChI is InChI=1S/C17H21NO3S/c1-3-13-6-4-7-14(10-13)21-9-5-8-16-18-12(2)15(22-16)11-17(19)20/h4,6-7,10H,3,5,8-9,11H2,1-2H3,(H,19,20). The molecule has 0 radical (unpaired) electrons. The van der Waals surface area contributed by atoms with Gasteiger partial charge in [0, 0.05) is 11.3 Å². The van der Waals surface area contributed by atoms with Gasteiger partial charge in [0.2, 0.25) is 0 Å². The van der Waals surface area contributed by atoms with Crippen LogP contribution in [-0.4, -0.2) is 22.7 Å². The molecule has 0 unspecified atom stereocenters. The van der Waals surface area contributed by atoms with Gasteiger partial charge in [0.25, 0.3) is 0 Å². The lowest BCUT2D eigenvalue weighted by Gasteiger charge is -2.06. The van der Waals surface area contributed by atoms with Crippen LogP contribution >= 0.6 is 11.3 Å². The molecule has 118 valence electrons. The van der Waals surface area contributed by atoms with Crippen molar-refractivity contribution in [3.8, 4) is 5.75 Å². The number of carboxylic acid groups (broad SMARTS) is 1.